The summed E-state index contributed by atoms with van der Waals surface area (Å²) in [6.07, 6.45) is 0. The minimum atomic E-state index is -0.407. The van der Waals surface area contributed by atoms with Crippen LogP contribution < -0.4 is 0 Å². The van der Waals surface area contributed by atoms with Gasteiger partial charge in [0.25, 0.3) is 0 Å². The predicted octanol–water partition coefficient (Wildman–Crippen LogP) is 11.5. The van der Waals surface area contributed by atoms with Crippen molar-refractivity contribution in [2.45, 2.75) is 15.2 Å². The van der Waals surface area contributed by atoms with Crippen molar-refractivity contribution in [2.75, 3.05) is 0 Å². The Morgan fingerprint density at radius 2 is 1.06 bits per heavy atom. The van der Waals surface area contributed by atoms with E-state index in [1.54, 1.807) is 0 Å². The second-order valence-electron chi connectivity index (χ2n) is 12.2. The van der Waals surface area contributed by atoms with Crippen LogP contribution in [0, 0.1) is 0 Å². The van der Waals surface area contributed by atoms with E-state index in [-0.39, 0.29) is 0 Å². The summed E-state index contributed by atoms with van der Waals surface area (Å²) in [7, 11) is 0. The van der Waals surface area contributed by atoms with Crippen LogP contribution in [-0.2, 0) is 5.41 Å². The molecular formula is C43H26N2S2. The van der Waals surface area contributed by atoms with Gasteiger partial charge in [-0.1, -0.05) is 121 Å². The number of hydrogen-bond donors (Lipinski definition) is 0. The van der Waals surface area contributed by atoms with Crippen molar-refractivity contribution in [3.8, 4) is 45.0 Å². The number of rotatable bonds is 3. The van der Waals surface area contributed by atoms with Crippen LogP contribution in [-0.4, -0.2) is 9.97 Å². The maximum Gasteiger partial charge on any atom is 0.160 e. The summed E-state index contributed by atoms with van der Waals surface area (Å²) in [4.78, 5) is 12.9. The van der Waals surface area contributed by atoms with Gasteiger partial charge in [0.05, 0.1) is 16.8 Å². The molecule has 2 aliphatic rings. The second kappa shape index (κ2) is 10.4. The fourth-order valence-corrected chi connectivity index (χ4v) is 9.59. The molecule has 0 radical (unpaired) electrons. The molecule has 0 N–H and O–H groups in total. The van der Waals surface area contributed by atoms with Gasteiger partial charge in [0.15, 0.2) is 5.82 Å². The molecule has 1 aliphatic heterocycles. The Labute approximate surface area is 281 Å². The summed E-state index contributed by atoms with van der Waals surface area (Å²) >= 11 is 3.70. The maximum absolute atomic E-state index is 5.19. The zero-order valence-corrected chi connectivity index (χ0v) is 26.9. The van der Waals surface area contributed by atoms with E-state index in [4.69, 9.17) is 9.97 Å². The van der Waals surface area contributed by atoms with Gasteiger partial charge in [-0.15, -0.1) is 11.3 Å². The van der Waals surface area contributed by atoms with Gasteiger partial charge in [-0.05, 0) is 86.6 Å². The molecule has 0 unspecified atom stereocenters. The smallest absolute Gasteiger partial charge is 0.160 e. The second-order valence-corrected chi connectivity index (χ2v) is 14.2. The molecule has 0 amide bonds. The van der Waals surface area contributed by atoms with Crippen molar-refractivity contribution in [3.05, 3.63) is 179 Å². The molecule has 1 spiro atoms. The Morgan fingerprint density at radius 1 is 0.447 bits per heavy atom. The highest BCUT2D eigenvalue weighted by Gasteiger charge is 2.50. The lowest BCUT2D eigenvalue weighted by Crippen LogP contribution is -2.31. The molecular weight excluding hydrogens is 609 g/mol. The average Bonchev–Trinajstić information content (AvgIpc) is 3.72. The van der Waals surface area contributed by atoms with Gasteiger partial charge >= 0.3 is 0 Å². The van der Waals surface area contributed by atoms with Crippen LogP contribution in [0.15, 0.2) is 167 Å². The van der Waals surface area contributed by atoms with E-state index >= 15 is 0 Å². The molecule has 220 valence electrons. The third kappa shape index (κ3) is 3.99. The molecule has 10 rings (SSSR count). The van der Waals surface area contributed by atoms with Gasteiger partial charge in [-0.25, -0.2) is 9.97 Å². The van der Waals surface area contributed by atoms with Gasteiger partial charge in [0.2, 0.25) is 0 Å². The van der Waals surface area contributed by atoms with Crippen LogP contribution in [0.2, 0.25) is 0 Å². The average molecular weight is 635 g/mol. The molecule has 0 fully saturated rings. The summed E-state index contributed by atoms with van der Waals surface area (Å²) < 4.78 is 1.32. The van der Waals surface area contributed by atoms with E-state index in [1.807, 2.05) is 47.4 Å². The highest BCUT2D eigenvalue weighted by molar-refractivity contribution is 7.99. The van der Waals surface area contributed by atoms with Gasteiger partial charge in [-0.3, -0.25) is 0 Å². The fraction of sp³-hybridized carbons (Fsp3) is 0.0233. The lowest BCUT2D eigenvalue weighted by molar-refractivity contribution is 0.723. The molecule has 47 heavy (non-hydrogen) atoms. The van der Waals surface area contributed by atoms with Gasteiger partial charge in [-0.2, -0.15) is 0 Å². The zero-order valence-electron chi connectivity index (χ0n) is 25.2. The summed E-state index contributed by atoms with van der Waals surface area (Å²) in [5, 5.41) is 3.49. The van der Waals surface area contributed by atoms with Crippen LogP contribution in [0.25, 0.3) is 55.1 Å². The third-order valence-electron chi connectivity index (χ3n) is 9.64. The van der Waals surface area contributed by atoms with Crippen molar-refractivity contribution < 1.29 is 0 Å². The quantitative estimate of drug-likeness (QED) is 0.193. The van der Waals surface area contributed by atoms with E-state index in [0.29, 0.717) is 0 Å². The summed E-state index contributed by atoms with van der Waals surface area (Å²) in [5.74, 6) is 0.728. The molecule has 0 saturated carbocycles. The van der Waals surface area contributed by atoms with E-state index in [0.717, 1.165) is 33.9 Å². The highest BCUT2D eigenvalue weighted by Crippen LogP contribution is 2.63. The number of nitrogens with zero attached hydrogens (tertiary/aromatic N) is 2. The molecule has 0 bridgehead atoms. The third-order valence-corrected chi connectivity index (χ3v) is 11.7. The first-order valence-corrected chi connectivity index (χ1v) is 17.5. The first kappa shape index (κ1) is 26.9. The standard InChI is InChI=1S/C43H26N2S2/c1-3-11-27(12-4-1)37-26-38(45-42(44-37)28-13-5-2-6-14-28)29-19-20-33-31(23-29)32-24-30-21-22-46-41(30)25-36(32)43(33)34-15-7-9-17-39(34)47-40-18-10-8-16-35(40)43/h1-26H. The predicted molar refractivity (Wildman–Crippen MR) is 195 cm³/mol. The van der Waals surface area contributed by atoms with E-state index in [1.165, 1.54) is 53.3 Å². The Hall–Kier alpha value is -5.29. The van der Waals surface area contributed by atoms with Crippen LogP contribution >= 0.6 is 23.1 Å². The molecule has 1 aliphatic carbocycles. The topological polar surface area (TPSA) is 25.8 Å². The SMILES string of the molecule is c1ccc(-c2cc(-c3ccc4c(c3)-c3cc5ccsc5cc3C43c4ccccc4Sc4ccccc43)nc(-c3ccccc3)n2)cc1. The summed E-state index contributed by atoms with van der Waals surface area (Å²) in [6.45, 7) is 0. The van der Waals surface area contributed by atoms with E-state index < -0.39 is 5.41 Å². The zero-order chi connectivity index (χ0) is 31.0. The van der Waals surface area contributed by atoms with Crippen molar-refractivity contribution in [3.63, 3.8) is 0 Å². The largest absolute Gasteiger partial charge is 0.228 e. The van der Waals surface area contributed by atoms with Crippen LogP contribution in [0.3, 0.4) is 0 Å². The van der Waals surface area contributed by atoms with Crippen LogP contribution in [0.1, 0.15) is 22.3 Å². The molecule has 0 saturated heterocycles. The van der Waals surface area contributed by atoms with E-state index in [2.05, 4.69) is 133 Å². The first-order chi connectivity index (χ1) is 23.3. The molecule has 4 heteroatoms. The number of benzene rings is 6. The molecule has 6 aromatic carbocycles. The van der Waals surface area contributed by atoms with Crippen LogP contribution in [0.4, 0.5) is 0 Å². The number of fused-ring (bicyclic) bond motifs is 10. The van der Waals surface area contributed by atoms with Crippen molar-refractivity contribution >= 4 is 33.2 Å². The number of aromatic nitrogens is 2. The Balaban J connectivity index is 1.26. The van der Waals surface area contributed by atoms with E-state index in [9.17, 15) is 0 Å². The van der Waals surface area contributed by atoms with Gasteiger partial charge in [0, 0.05) is 31.2 Å². The minimum Gasteiger partial charge on any atom is -0.228 e. The highest BCUT2D eigenvalue weighted by atomic mass is 32.2. The monoisotopic (exact) mass is 634 g/mol. The fourth-order valence-electron chi connectivity index (χ4n) is 7.58. The maximum atomic E-state index is 5.19. The number of hydrogen-bond acceptors (Lipinski definition) is 4. The van der Waals surface area contributed by atoms with Crippen LogP contribution in [0.5, 0.6) is 0 Å². The minimum absolute atomic E-state index is 0.407. The summed E-state index contributed by atoms with van der Waals surface area (Å²) in [5.41, 5.74) is 12.5. The lowest BCUT2D eigenvalue weighted by Gasteiger charge is -2.39. The molecule has 2 nitrogen and oxygen atoms in total. The Morgan fingerprint density at radius 3 is 1.79 bits per heavy atom. The molecule has 0 atom stereocenters. The molecule has 3 heterocycles. The Bertz CT molecular complexity index is 2400. The van der Waals surface area contributed by atoms with Gasteiger partial charge < -0.3 is 0 Å². The van der Waals surface area contributed by atoms with Gasteiger partial charge in [0.1, 0.15) is 0 Å². The van der Waals surface area contributed by atoms with Crippen molar-refractivity contribution in [1.82, 2.24) is 9.97 Å². The molecule has 2 aromatic heterocycles. The van der Waals surface area contributed by atoms with Crippen molar-refractivity contribution in [1.29, 1.82) is 0 Å². The lowest BCUT2D eigenvalue weighted by atomic mass is 9.67. The summed E-state index contributed by atoms with van der Waals surface area (Å²) in [6, 6.07) is 54.9. The molecule has 8 aromatic rings. The number of thiophene rings is 1. The Kier molecular flexibility index (Phi) is 5.93. The van der Waals surface area contributed by atoms with Crippen molar-refractivity contribution in [2.24, 2.45) is 0 Å². The first-order valence-electron chi connectivity index (χ1n) is 15.8. The normalized spacial score (nSPS) is 13.6.